The molecule has 1 saturated carbocycles. The molecule has 1 aromatic carbocycles. The highest BCUT2D eigenvalue weighted by molar-refractivity contribution is 8.04. The Kier molecular flexibility index (Phi) is 11.1. The van der Waals surface area contributed by atoms with E-state index in [-0.39, 0.29) is 16.7 Å². The molecule has 1 aromatic rings. The van der Waals surface area contributed by atoms with Gasteiger partial charge < -0.3 is 10.2 Å². The maximum absolute atomic E-state index is 12.6. The number of hydrogen-bond donors (Lipinski definition) is 1. The van der Waals surface area contributed by atoms with E-state index in [1.54, 1.807) is 0 Å². The lowest BCUT2D eigenvalue weighted by atomic mass is 9.81. The molecule has 3 nitrogen and oxygen atoms in total. The summed E-state index contributed by atoms with van der Waals surface area (Å²) in [5.74, 6) is 0.808. The van der Waals surface area contributed by atoms with Crippen LogP contribution in [-0.4, -0.2) is 52.7 Å². The van der Waals surface area contributed by atoms with Gasteiger partial charge in [-0.3, -0.25) is 4.79 Å². The average molecular weight is 533 g/mol. The van der Waals surface area contributed by atoms with E-state index in [2.05, 4.69) is 88.6 Å². The Balaban J connectivity index is 1.52. The topological polar surface area (TPSA) is 32.3 Å². The van der Waals surface area contributed by atoms with Gasteiger partial charge in [-0.05, 0) is 79.7 Å². The van der Waals surface area contributed by atoms with Gasteiger partial charge in [0.1, 0.15) is 0 Å². The summed E-state index contributed by atoms with van der Waals surface area (Å²) in [6.07, 6.45) is 10.2. The van der Waals surface area contributed by atoms with Crippen LogP contribution >= 0.6 is 23.5 Å². The number of nitrogens with zero attached hydrogens (tertiary/aromatic N) is 1. The summed E-state index contributed by atoms with van der Waals surface area (Å²) in [5, 5.41) is 4.34. The van der Waals surface area contributed by atoms with E-state index in [9.17, 15) is 4.79 Å². The van der Waals surface area contributed by atoms with Gasteiger partial charge in [0.2, 0.25) is 5.91 Å². The van der Waals surface area contributed by atoms with Crippen LogP contribution in [0.15, 0.2) is 23.1 Å². The summed E-state index contributed by atoms with van der Waals surface area (Å²) in [5.41, 5.74) is 3.13. The van der Waals surface area contributed by atoms with Gasteiger partial charge in [0, 0.05) is 34.5 Å². The molecule has 1 aliphatic carbocycles. The first kappa shape index (κ1) is 29.9. The van der Waals surface area contributed by atoms with E-state index < -0.39 is 0 Å². The summed E-state index contributed by atoms with van der Waals surface area (Å²) < 4.78 is 0. The number of likely N-dealkylation sites (tertiary alicyclic amines) is 1. The van der Waals surface area contributed by atoms with Crippen LogP contribution in [0.3, 0.4) is 0 Å². The largest absolute Gasteiger partial charge is 0.355 e. The van der Waals surface area contributed by atoms with Gasteiger partial charge in [0.15, 0.2) is 0 Å². The Hall–Kier alpha value is -0.650. The van der Waals surface area contributed by atoms with Crippen molar-refractivity contribution in [3.8, 4) is 0 Å². The fraction of sp³-hybridized carbons (Fsp3) is 0.774. The maximum atomic E-state index is 12.6. The highest BCUT2D eigenvalue weighted by Gasteiger charge is 2.28. The van der Waals surface area contributed by atoms with Crippen molar-refractivity contribution < 1.29 is 4.79 Å². The molecule has 1 saturated heterocycles. The van der Waals surface area contributed by atoms with Crippen LogP contribution in [0.4, 0.5) is 0 Å². The minimum atomic E-state index is 0.140. The summed E-state index contributed by atoms with van der Waals surface area (Å²) >= 11 is 3.96. The van der Waals surface area contributed by atoms with Crippen molar-refractivity contribution in [3.05, 3.63) is 29.3 Å². The molecule has 1 aliphatic heterocycles. The number of thioether (sulfide) groups is 2. The van der Waals surface area contributed by atoms with E-state index >= 15 is 0 Å². The third kappa shape index (κ3) is 9.27. The molecule has 0 aromatic heterocycles. The zero-order valence-corrected chi connectivity index (χ0v) is 25.8. The van der Waals surface area contributed by atoms with Crippen LogP contribution in [0.5, 0.6) is 0 Å². The third-order valence-electron chi connectivity index (χ3n) is 7.88. The molecule has 2 fully saturated rings. The Labute approximate surface area is 230 Å². The molecule has 2 aliphatic rings. The Morgan fingerprint density at radius 3 is 2.14 bits per heavy atom. The molecule has 3 atom stereocenters. The van der Waals surface area contributed by atoms with Crippen molar-refractivity contribution in [2.24, 2.45) is 0 Å². The second-order valence-electron chi connectivity index (χ2n) is 13.1. The van der Waals surface area contributed by atoms with E-state index in [0.29, 0.717) is 22.3 Å². The minimum Gasteiger partial charge on any atom is -0.355 e. The molecule has 0 radical (unpaired) electrons. The van der Waals surface area contributed by atoms with Gasteiger partial charge in [-0.25, -0.2) is 0 Å². The number of carbonyl (C=O) groups excluding carboxylic acids is 1. The molecule has 1 amide bonds. The fourth-order valence-electron chi connectivity index (χ4n) is 5.33. The molecule has 0 bridgehead atoms. The Morgan fingerprint density at radius 1 is 0.917 bits per heavy atom. The number of rotatable bonds is 9. The second kappa shape index (κ2) is 13.4. The second-order valence-corrected chi connectivity index (χ2v) is 15.7. The van der Waals surface area contributed by atoms with Crippen molar-refractivity contribution in [3.63, 3.8) is 0 Å². The number of nitrogens with one attached hydrogen (secondary N) is 1. The first-order valence-corrected chi connectivity index (χ1v) is 16.3. The standard InChI is InChI=1S/C31H52N2OS2/c1-23-13-10-11-17-33(23)18-12-16-32-29(34)22-35-27-14-8-9-15-28(27)36-26-20-24(30(2,3)4)19-25(21-26)31(5,6)7/h19-21,23,27-28H,8-18,22H2,1-7H3,(H,32,34). The predicted molar refractivity (Wildman–Crippen MR) is 161 cm³/mol. The minimum absolute atomic E-state index is 0.140. The summed E-state index contributed by atoms with van der Waals surface area (Å²) in [4.78, 5) is 16.6. The van der Waals surface area contributed by atoms with Crippen LogP contribution in [0.25, 0.3) is 0 Å². The number of piperidine rings is 1. The molecule has 0 spiro atoms. The van der Waals surface area contributed by atoms with Crippen LogP contribution in [0.1, 0.15) is 111 Å². The van der Waals surface area contributed by atoms with Crippen molar-refractivity contribution in [1.29, 1.82) is 0 Å². The molecule has 1 N–H and O–H groups in total. The predicted octanol–water partition coefficient (Wildman–Crippen LogP) is 7.80. The Morgan fingerprint density at radius 2 is 1.53 bits per heavy atom. The summed E-state index contributed by atoms with van der Waals surface area (Å²) in [6, 6.07) is 7.96. The highest BCUT2D eigenvalue weighted by atomic mass is 32.2. The quantitative estimate of drug-likeness (QED) is 0.329. The van der Waals surface area contributed by atoms with Gasteiger partial charge >= 0.3 is 0 Å². The SMILES string of the molecule is CC1CCCCN1CCCNC(=O)CSC1CCCCC1Sc1cc(C(C)(C)C)cc(C(C)(C)C)c1. The fourth-order valence-corrected chi connectivity index (χ4v) is 8.20. The number of amides is 1. The summed E-state index contributed by atoms with van der Waals surface area (Å²) in [6.45, 7) is 19.4. The molecular weight excluding hydrogens is 480 g/mol. The van der Waals surface area contributed by atoms with Gasteiger partial charge in [0.25, 0.3) is 0 Å². The Bertz CT molecular complexity index is 810. The lowest BCUT2D eigenvalue weighted by molar-refractivity contribution is -0.118. The van der Waals surface area contributed by atoms with Crippen LogP contribution in [0.2, 0.25) is 0 Å². The van der Waals surface area contributed by atoms with E-state index in [1.807, 2.05) is 11.8 Å². The lowest BCUT2D eigenvalue weighted by Gasteiger charge is -2.33. The normalized spacial score (nSPS) is 24.0. The van der Waals surface area contributed by atoms with E-state index in [1.165, 1.54) is 67.5 Å². The molecular formula is C31H52N2OS2. The first-order chi connectivity index (χ1) is 16.9. The zero-order chi connectivity index (χ0) is 26.3. The van der Waals surface area contributed by atoms with Crippen molar-refractivity contribution in [2.75, 3.05) is 25.4 Å². The molecule has 3 rings (SSSR count). The number of benzene rings is 1. The smallest absolute Gasteiger partial charge is 0.230 e. The van der Waals surface area contributed by atoms with E-state index in [4.69, 9.17) is 0 Å². The monoisotopic (exact) mass is 532 g/mol. The number of hydrogen-bond acceptors (Lipinski definition) is 4. The highest BCUT2D eigenvalue weighted by Crippen LogP contribution is 2.42. The maximum Gasteiger partial charge on any atom is 0.230 e. The van der Waals surface area contributed by atoms with Gasteiger partial charge in [-0.15, -0.1) is 23.5 Å². The van der Waals surface area contributed by atoms with Crippen molar-refractivity contribution in [1.82, 2.24) is 10.2 Å². The third-order valence-corrected chi connectivity index (χ3v) is 10.8. The molecule has 36 heavy (non-hydrogen) atoms. The average Bonchev–Trinajstić information content (AvgIpc) is 2.81. The first-order valence-electron chi connectivity index (χ1n) is 14.4. The van der Waals surface area contributed by atoms with E-state index in [0.717, 1.165) is 19.5 Å². The zero-order valence-electron chi connectivity index (χ0n) is 24.1. The molecule has 204 valence electrons. The number of carbonyl (C=O) groups is 1. The molecule has 3 unspecified atom stereocenters. The van der Waals surface area contributed by atoms with Gasteiger partial charge in [-0.2, -0.15) is 0 Å². The molecule has 1 heterocycles. The van der Waals surface area contributed by atoms with Crippen molar-refractivity contribution in [2.45, 2.75) is 132 Å². The lowest BCUT2D eigenvalue weighted by Crippen LogP contribution is -2.39. The van der Waals surface area contributed by atoms with Crippen LogP contribution in [0, 0.1) is 0 Å². The molecule has 5 heteroatoms. The van der Waals surface area contributed by atoms with Gasteiger partial charge in [0.05, 0.1) is 5.75 Å². The van der Waals surface area contributed by atoms with Gasteiger partial charge in [-0.1, -0.05) is 66.9 Å². The summed E-state index contributed by atoms with van der Waals surface area (Å²) in [7, 11) is 0. The van der Waals surface area contributed by atoms with Crippen molar-refractivity contribution >= 4 is 29.4 Å². The van der Waals surface area contributed by atoms with Crippen LogP contribution < -0.4 is 5.32 Å². The van der Waals surface area contributed by atoms with Crippen LogP contribution in [-0.2, 0) is 15.6 Å².